The predicted octanol–water partition coefficient (Wildman–Crippen LogP) is 4.25. The fourth-order valence-electron chi connectivity index (χ4n) is 3.62. The number of aryl methyl sites for hydroxylation is 1. The van der Waals surface area contributed by atoms with Gasteiger partial charge in [-0.25, -0.2) is 9.97 Å². The van der Waals surface area contributed by atoms with Crippen molar-refractivity contribution in [3.8, 4) is 17.3 Å². The van der Waals surface area contributed by atoms with Gasteiger partial charge in [0.25, 0.3) is 0 Å². The van der Waals surface area contributed by atoms with E-state index in [9.17, 15) is 0 Å². The molecule has 27 heavy (non-hydrogen) atoms. The summed E-state index contributed by atoms with van der Waals surface area (Å²) in [6.45, 7) is 3.45. The van der Waals surface area contributed by atoms with E-state index in [0.29, 0.717) is 13.2 Å². The molecule has 0 atom stereocenters. The standard InChI is InChI=1S/C22H20N4O/c1-15-13-17-9-5-6-11-26(17)19(15)21-24-18-10-12-27-20(18)22(25-21)23-14-16-7-3-2-4-8-16/h2-9,11,13H,10,12,14H2,1H3,(H,23,24,25). The van der Waals surface area contributed by atoms with Crippen LogP contribution in [0.3, 0.4) is 0 Å². The fourth-order valence-corrected chi connectivity index (χ4v) is 3.62. The highest BCUT2D eigenvalue weighted by atomic mass is 16.5. The summed E-state index contributed by atoms with van der Waals surface area (Å²) in [6.07, 6.45) is 2.87. The first-order valence-corrected chi connectivity index (χ1v) is 9.18. The Hall–Kier alpha value is -3.34. The van der Waals surface area contributed by atoms with Gasteiger partial charge in [0, 0.05) is 24.7 Å². The fraction of sp³-hybridized carbons (Fsp3) is 0.182. The Balaban J connectivity index is 1.58. The Morgan fingerprint density at radius 2 is 1.93 bits per heavy atom. The number of hydrogen-bond acceptors (Lipinski definition) is 4. The Labute approximate surface area is 157 Å². The zero-order valence-corrected chi connectivity index (χ0v) is 15.1. The third kappa shape index (κ3) is 2.81. The van der Waals surface area contributed by atoms with Gasteiger partial charge in [-0.15, -0.1) is 0 Å². The van der Waals surface area contributed by atoms with Gasteiger partial charge >= 0.3 is 0 Å². The first-order chi connectivity index (χ1) is 13.3. The molecule has 1 aliphatic rings. The van der Waals surface area contributed by atoms with Gasteiger partial charge < -0.3 is 14.5 Å². The molecule has 1 aromatic carbocycles. The molecule has 0 aliphatic carbocycles. The highest BCUT2D eigenvalue weighted by Gasteiger charge is 2.23. The lowest BCUT2D eigenvalue weighted by Crippen LogP contribution is -2.06. The van der Waals surface area contributed by atoms with Gasteiger partial charge in [0.05, 0.1) is 18.0 Å². The second-order valence-electron chi connectivity index (χ2n) is 6.78. The van der Waals surface area contributed by atoms with Crippen LogP contribution in [0.4, 0.5) is 5.82 Å². The van der Waals surface area contributed by atoms with Crippen molar-refractivity contribution in [1.29, 1.82) is 0 Å². The Morgan fingerprint density at radius 3 is 2.81 bits per heavy atom. The van der Waals surface area contributed by atoms with Gasteiger partial charge in [-0.3, -0.25) is 0 Å². The summed E-state index contributed by atoms with van der Waals surface area (Å²) in [4.78, 5) is 9.67. The number of aromatic nitrogens is 3. The van der Waals surface area contributed by atoms with Gasteiger partial charge in [0.15, 0.2) is 17.4 Å². The van der Waals surface area contributed by atoms with Crippen molar-refractivity contribution < 1.29 is 4.74 Å². The van der Waals surface area contributed by atoms with Crippen molar-refractivity contribution >= 4 is 11.3 Å². The maximum Gasteiger partial charge on any atom is 0.183 e. The number of fused-ring (bicyclic) bond motifs is 2. The molecule has 0 saturated heterocycles. The van der Waals surface area contributed by atoms with Gasteiger partial charge in [-0.1, -0.05) is 36.4 Å². The van der Waals surface area contributed by atoms with Crippen LogP contribution in [-0.2, 0) is 13.0 Å². The van der Waals surface area contributed by atoms with Crippen LogP contribution < -0.4 is 10.1 Å². The molecule has 3 aromatic heterocycles. The van der Waals surface area contributed by atoms with Crippen molar-refractivity contribution in [3.63, 3.8) is 0 Å². The van der Waals surface area contributed by atoms with E-state index in [0.717, 1.165) is 46.3 Å². The number of hydrogen-bond donors (Lipinski definition) is 1. The summed E-state index contributed by atoms with van der Waals surface area (Å²) in [5, 5.41) is 3.45. The minimum Gasteiger partial charge on any atom is -0.487 e. The normalized spacial score (nSPS) is 12.8. The second kappa shape index (κ2) is 6.43. The van der Waals surface area contributed by atoms with E-state index in [1.165, 1.54) is 5.56 Å². The van der Waals surface area contributed by atoms with Crippen LogP contribution in [0.5, 0.6) is 5.75 Å². The number of rotatable bonds is 4. The van der Waals surface area contributed by atoms with E-state index in [1.807, 2.05) is 30.3 Å². The second-order valence-corrected chi connectivity index (χ2v) is 6.78. The third-order valence-corrected chi connectivity index (χ3v) is 4.91. The first-order valence-electron chi connectivity index (χ1n) is 9.18. The molecule has 5 heteroatoms. The molecule has 4 aromatic rings. The van der Waals surface area contributed by atoms with Gasteiger partial charge in [-0.2, -0.15) is 0 Å². The van der Waals surface area contributed by atoms with E-state index in [1.54, 1.807) is 0 Å². The molecule has 0 fully saturated rings. The van der Waals surface area contributed by atoms with E-state index >= 15 is 0 Å². The molecule has 0 radical (unpaired) electrons. The summed E-state index contributed by atoms with van der Waals surface area (Å²) >= 11 is 0. The topological polar surface area (TPSA) is 51.5 Å². The Kier molecular flexibility index (Phi) is 3.78. The lowest BCUT2D eigenvalue weighted by molar-refractivity contribution is 0.357. The van der Waals surface area contributed by atoms with E-state index in [2.05, 4.69) is 47.1 Å². The molecule has 134 valence electrons. The molecular formula is C22H20N4O. The molecule has 5 nitrogen and oxygen atoms in total. The highest BCUT2D eigenvalue weighted by molar-refractivity contribution is 5.69. The number of benzene rings is 1. The summed E-state index contributed by atoms with van der Waals surface area (Å²) in [7, 11) is 0. The van der Waals surface area contributed by atoms with E-state index in [4.69, 9.17) is 14.7 Å². The van der Waals surface area contributed by atoms with Crippen LogP contribution in [-0.4, -0.2) is 21.0 Å². The molecule has 0 amide bonds. The number of anilines is 1. The number of pyridine rings is 1. The van der Waals surface area contributed by atoms with Gasteiger partial charge in [-0.05, 0) is 36.2 Å². The maximum absolute atomic E-state index is 5.81. The van der Waals surface area contributed by atoms with Crippen LogP contribution >= 0.6 is 0 Å². The van der Waals surface area contributed by atoms with Crippen LogP contribution in [0.2, 0.25) is 0 Å². The Bertz CT molecular complexity index is 1120. The first kappa shape index (κ1) is 15.9. The summed E-state index contributed by atoms with van der Waals surface area (Å²) < 4.78 is 7.96. The van der Waals surface area contributed by atoms with Crippen molar-refractivity contribution in [2.24, 2.45) is 0 Å². The molecule has 4 heterocycles. The SMILES string of the molecule is Cc1cc2ccccn2c1-c1nc2c(c(NCc3ccccc3)n1)OCC2. The molecule has 0 saturated carbocycles. The van der Waals surface area contributed by atoms with E-state index in [-0.39, 0.29) is 0 Å². The minimum absolute atomic E-state index is 0.654. The van der Waals surface area contributed by atoms with Crippen molar-refractivity contribution in [1.82, 2.24) is 14.4 Å². The summed E-state index contributed by atoms with van der Waals surface area (Å²) in [6, 6.07) is 18.6. The molecule has 0 bridgehead atoms. The van der Waals surface area contributed by atoms with Crippen molar-refractivity contribution in [3.05, 3.63) is 77.6 Å². The highest BCUT2D eigenvalue weighted by Crippen LogP contribution is 2.35. The number of nitrogens with one attached hydrogen (secondary N) is 1. The molecule has 1 N–H and O–H groups in total. The predicted molar refractivity (Wildman–Crippen MR) is 106 cm³/mol. The summed E-state index contributed by atoms with van der Waals surface area (Å²) in [5.41, 5.74) is 5.51. The zero-order valence-electron chi connectivity index (χ0n) is 15.1. The van der Waals surface area contributed by atoms with Crippen LogP contribution in [0.1, 0.15) is 16.8 Å². The average Bonchev–Trinajstić information content (AvgIpc) is 3.30. The van der Waals surface area contributed by atoms with Crippen molar-refractivity contribution in [2.45, 2.75) is 19.9 Å². The molecular weight excluding hydrogens is 336 g/mol. The number of ether oxygens (including phenoxy) is 1. The molecule has 0 unspecified atom stereocenters. The van der Waals surface area contributed by atoms with Crippen LogP contribution in [0.15, 0.2) is 60.8 Å². The lowest BCUT2D eigenvalue weighted by Gasteiger charge is -2.12. The van der Waals surface area contributed by atoms with Crippen LogP contribution in [0.25, 0.3) is 17.0 Å². The van der Waals surface area contributed by atoms with Gasteiger partial charge in [0.1, 0.15) is 0 Å². The molecule has 0 spiro atoms. The monoisotopic (exact) mass is 356 g/mol. The molecule has 1 aliphatic heterocycles. The Morgan fingerprint density at radius 1 is 1.07 bits per heavy atom. The lowest BCUT2D eigenvalue weighted by atomic mass is 10.2. The number of nitrogens with zero attached hydrogens (tertiary/aromatic N) is 3. The smallest absolute Gasteiger partial charge is 0.183 e. The zero-order chi connectivity index (χ0) is 18.2. The maximum atomic E-state index is 5.81. The quantitative estimate of drug-likeness (QED) is 0.594. The minimum atomic E-state index is 0.654. The summed E-state index contributed by atoms with van der Waals surface area (Å²) in [5.74, 6) is 2.29. The largest absolute Gasteiger partial charge is 0.487 e. The van der Waals surface area contributed by atoms with E-state index < -0.39 is 0 Å². The van der Waals surface area contributed by atoms with Gasteiger partial charge in [0.2, 0.25) is 0 Å². The molecule has 5 rings (SSSR count). The van der Waals surface area contributed by atoms with Crippen LogP contribution in [0, 0.1) is 6.92 Å². The van der Waals surface area contributed by atoms with Crippen molar-refractivity contribution in [2.75, 3.05) is 11.9 Å². The average molecular weight is 356 g/mol. The third-order valence-electron chi connectivity index (χ3n) is 4.91.